The van der Waals surface area contributed by atoms with E-state index in [0.29, 0.717) is 23.5 Å². The number of para-hydroxylation sites is 2. The van der Waals surface area contributed by atoms with Gasteiger partial charge in [0.2, 0.25) is 0 Å². The van der Waals surface area contributed by atoms with Crippen molar-refractivity contribution in [2.45, 2.75) is 46.1 Å². The minimum Gasteiger partial charge on any atom is -0.508 e. The van der Waals surface area contributed by atoms with Crippen LogP contribution in [0.5, 0.6) is 23.0 Å². The zero-order valence-corrected chi connectivity index (χ0v) is 22.0. The van der Waals surface area contributed by atoms with Crippen molar-refractivity contribution in [3.8, 4) is 23.0 Å². The Balaban J connectivity index is 0.000000164. The number of benzene rings is 3. The Kier molecular flexibility index (Phi) is 10.5. The summed E-state index contributed by atoms with van der Waals surface area (Å²) in [6.07, 6.45) is 1.04. The molecule has 2 aliphatic rings. The molecule has 5 heteroatoms. The van der Waals surface area contributed by atoms with Crippen molar-refractivity contribution < 1.29 is 19.7 Å². The molecule has 5 nitrogen and oxygen atoms in total. The molecule has 1 unspecified atom stereocenters. The third-order valence-corrected chi connectivity index (χ3v) is 6.96. The Morgan fingerprint density at radius 1 is 0.861 bits per heavy atom. The van der Waals surface area contributed by atoms with Crippen LogP contribution in [-0.2, 0) is 0 Å². The van der Waals surface area contributed by atoms with Gasteiger partial charge in [-0.25, -0.2) is 0 Å². The van der Waals surface area contributed by atoms with E-state index in [4.69, 9.17) is 14.6 Å². The maximum absolute atomic E-state index is 9.25. The van der Waals surface area contributed by atoms with Gasteiger partial charge in [-0.2, -0.15) is 0 Å². The first-order chi connectivity index (χ1) is 17.3. The van der Waals surface area contributed by atoms with E-state index in [9.17, 15) is 5.11 Å². The molecule has 0 saturated carbocycles. The lowest BCUT2D eigenvalue weighted by Crippen LogP contribution is -2.35. The number of phenolic OH excluding ortho intramolecular Hbond substituents is 2. The van der Waals surface area contributed by atoms with Crippen LogP contribution in [0.4, 0.5) is 0 Å². The fourth-order valence-electron chi connectivity index (χ4n) is 4.35. The Morgan fingerprint density at radius 3 is 2.06 bits per heavy atom. The molecule has 5 rings (SSSR count). The molecule has 1 saturated heterocycles. The zero-order chi connectivity index (χ0) is 25.9. The Hall–Kier alpha value is -3.18. The summed E-state index contributed by atoms with van der Waals surface area (Å²) in [6.45, 7) is 13.1. The maximum atomic E-state index is 9.25. The van der Waals surface area contributed by atoms with Crippen molar-refractivity contribution in [3.63, 3.8) is 0 Å². The standard InChI is InChI=1S/C15H23NO.C10H12O2.C6H6O/c1-12-9-16(10-13(12)2)14(3)11-17-15-7-5-4-6-8-15;1-7-4-5-12-10-3-2-8(11)6-9(7)10;7-6-4-2-1-3-5-6/h4-8,12-14H,9-11H2,1-3H3;2-3,6-7,11H,4-5H2,1H3;1-5,7H/t12-,13?,14+;7-;/m10./s1. The van der Waals surface area contributed by atoms with E-state index in [1.165, 1.54) is 13.1 Å². The van der Waals surface area contributed by atoms with Crippen LogP contribution >= 0.6 is 0 Å². The minimum absolute atomic E-state index is 0.322. The molecular formula is C31H41NO4. The molecule has 0 bridgehead atoms. The van der Waals surface area contributed by atoms with Crippen molar-refractivity contribution in [1.29, 1.82) is 0 Å². The first kappa shape index (κ1) is 27.4. The number of phenols is 2. The van der Waals surface area contributed by atoms with Gasteiger partial charge in [-0.3, -0.25) is 4.90 Å². The average Bonchev–Trinajstić information content (AvgIpc) is 3.23. The van der Waals surface area contributed by atoms with Gasteiger partial charge in [0.05, 0.1) is 6.61 Å². The van der Waals surface area contributed by atoms with Crippen LogP contribution in [0.2, 0.25) is 0 Å². The zero-order valence-electron chi connectivity index (χ0n) is 22.0. The van der Waals surface area contributed by atoms with E-state index >= 15 is 0 Å². The van der Waals surface area contributed by atoms with Crippen LogP contribution in [0, 0.1) is 11.8 Å². The minimum atomic E-state index is 0.322. The van der Waals surface area contributed by atoms with Crippen LogP contribution in [0.1, 0.15) is 45.6 Å². The summed E-state index contributed by atoms with van der Waals surface area (Å²) in [6, 6.07) is 24.6. The molecular weight excluding hydrogens is 450 g/mol. The third-order valence-electron chi connectivity index (χ3n) is 6.96. The van der Waals surface area contributed by atoms with Gasteiger partial charge in [0, 0.05) is 24.7 Å². The number of likely N-dealkylation sites (tertiary alicyclic amines) is 1. The molecule has 194 valence electrons. The summed E-state index contributed by atoms with van der Waals surface area (Å²) >= 11 is 0. The van der Waals surface area contributed by atoms with E-state index in [0.717, 1.165) is 48.5 Å². The fourth-order valence-corrected chi connectivity index (χ4v) is 4.35. The van der Waals surface area contributed by atoms with E-state index in [1.807, 2.05) is 42.5 Å². The third kappa shape index (κ3) is 8.49. The Bertz CT molecular complexity index is 1020. The highest BCUT2D eigenvalue weighted by Crippen LogP contribution is 2.35. The van der Waals surface area contributed by atoms with Gasteiger partial charge in [-0.1, -0.05) is 57.2 Å². The fraction of sp³-hybridized carbons (Fsp3) is 0.419. The average molecular weight is 492 g/mol. The van der Waals surface area contributed by atoms with Crippen molar-refractivity contribution >= 4 is 0 Å². The summed E-state index contributed by atoms with van der Waals surface area (Å²) in [7, 11) is 0. The van der Waals surface area contributed by atoms with Gasteiger partial charge in [0.15, 0.2) is 0 Å². The van der Waals surface area contributed by atoms with Crippen molar-refractivity contribution in [2.24, 2.45) is 11.8 Å². The summed E-state index contributed by atoms with van der Waals surface area (Å²) < 4.78 is 11.2. The van der Waals surface area contributed by atoms with Gasteiger partial charge in [0.25, 0.3) is 0 Å². The number of aromatic hydroxyl groups is 2. The monoisotopic (exact) mass is 491 g/mol. The molecule has 0 aromatic heterocycles. The lowest BCUT2D eigenvalue weighted by atomic mass is 9.95. The molecule has 0 amide bonds. The topological polar surface area (TPSA) is 62.2 Å². The summed E-state index contributed by atoms with van der Waals surface area (Å²) in [5, 5.41) is 17.9. The van der Waals surface area contributed by atoms with E-state index in [-0.39, 0.29) is 0 Å². The molecule has 2 heterocycles. The molecule has 3 aromatic rings. The predicted octanol–water partition coefficient (Wildman–Crippen LogP) is 6.71. The second-order valence-corrected chi connectivity index (χ2v) is 9.98. The second kappa shape index (κ2) is 13.8. The number of nitrogens with zero attached hydrogens (tertiary/aromatic N) is 1. The van der Waals surface area contributed by atoms with E-state index in [2.05, 4.69) is 32.6 Å². The molecule has 3 aromatic carbocycles. The predicted molar refractivity (Wildman–Crippen MR) is 146 cm³/mol. The number of fused-ring (bicyclic) bond motifs is 1. The molecule has 0 spiro atoms. The highest BCUT2D eigenvalue weighted by Gasteiger charge is 2.29. The number of hydrogen-bond donors (Lipinski definition) is 2. The van der Waals surface area contributed by atoms with Crippen molar-refractivity contribution in [3.05, 3.63) is 84.4 Å². The summed E-state index contributed by atoms with van der Waals surface area (Å²) in [5.41, 5.74) is 1.13. The molecule has 2 N–H and O–H groups in total. The molecule has 4 atom stereocenters. The van der Waals surface area contributed by atoms with Crippen molar-refractivity contribution in [1.82, 2.24) is 4.90 Å². The second-order valence-electron chi connectivity index (χ2n) is 9.98. The van der Waals surface area contributed by atoms with Crippen LogP contribution in [0.3, 0.4) is 0 Å². The quantitative estimate of drug-likeness (QED) is 0.425. The summed E-state index contributed by atoms with van der Waals surface area (Å²) in [4.78, 5) is 2.54. The first-order valence-corrected chi connectivity index (χ1v) is 12.9. The Labute approximate surface area is 216 Å². The van der Waals surface area contributed by atoms with Crippen molar-refractivity contribution in [2.75, 3.05) is 26.3 Å². The molecule has 0 radical (unpaired) electrons. The Morgan fingerprint density at radius 2 is 1.47 bits per heavy atom. The number of rotatable bonds is 4. The summed E-state index contributed by atoms with van der Waals surface area (Å²) in [5.74, 6) is 4.67. The normalized spacial score (nSPS) is 21.5. The first-order valence-electron chi connectivity index (χ1n) is 12.9. The highest BCUT2D eigenvalue weighted by atomic mass is 16.5. The number of ether oxygens (including phenoxy) is 2. The van der Waals surface area contributed by atoms with Gasteiger partial charge in [0.1, 0.15) is 29.6 Å². The van der Waals surface area contributed by atoms with E-state index < -0.39 is 0 Å². The van der Waals surface area contributed by atoms with E-state index in [1.54, 1.807) is 36.4 Å². The van der Waals surface area contributed by atoms with Crippen LogP contribution in [-0.4, -0.2) is 47.5 Å². The molecule has 0 aliphatic carbocycles. The van der Waals surface area contributed by atoms with Crippen LogP contribution in [0.25, 0.3) is 0 Å². The largest absolute Gasteiger partial charge is 0.508 e. The lowest BCUT2D eigenvalue weighted by molar-refractivity contribution is 0.167. The SMILES string of the molecule is CC1CN([C@@H](C)COc2ccccc2)C[C@H]1C.C[C@H]1CCOc2ccc(O)cc21.Oc1ccccc1. The maximum Gasteiger partial charge on any atom is 0.123 e. The van der Waals surface area contributed by atoms with Gasteiger partial charge in [-0.15, -0.1) is 0 Å². The lowest BCUT2D eigenvalue weighted by Gasteiger charge is -2.24. The van der Waals surface area contributed by atoms with Gasteiger partial charge in [-0.05, 0) is 73.6 Å². The molecule has 36 heavy (non-hydrogen) atoms. The highest BCUT2D eigenvalue weighted by molar-refractivity contribution is 5.42. The number of hydrogen-bond acceptors (Lipinski definition) is 5. The molecule has 1 fully saturated rings. The van der Waals surface area contributed by atoms with Gasteiger partial charge < -0.3 is 19.7 Å². The van der Waals surface area contributed by atoms with Gasteiger partial charge >= 0.3 is 0 Å². The van der Waals surface area contributed by atoms with Crippen LogP contribution < -0.4 is 9.47 Å². The molecule has 2 aliphatic heterocycles. The van der Waals surface area contributed by atoms with Crippen LogP contribution in [0.15, 0.2) is 78.9 Å². The smallest absolute Gasteiger partial charge is 0.123 e.